The summed E-state index contributed by atoms with van der Waals surface area (Å²) in [5.74, 6) is -1.30. The third-order valence-corrected chi connectivity index (χ3v) is 7.48. The van der Waals surface area contributed by atoms with Crippen molar-refractivity contribution in [2.45, 2.75) is 11.3 Å². The summed E-state index contributed by atoms with van der Waals surface area (Å²) in [5, 5.41) is 19.1. The maximum atomic E-state index is 12.4. The van der Waals surface area contributed by atoms with Crippen molar-refractivity contribution in [3.8, 4) is 11.8 Å². The van der Waals surface area contributed by atoms with Crippen molar-refractivity contribution in [3.05, 3.63) is 70.3 Å². The molecule has 1 amide bonds. The fourth-order valence-electron chi connectivity index (χ4n) is 2.41. The van der Waals surface area contributed by atoms with Gasteiger partial charge >= 0.3 is 5.97 Å². The van der Waals surface area contributed by atoms with E-state index in [0.717, 1.165) is 0 Å². The van der Waals surface area contributed by atoms with Crippen LogP contribution in [0.1, 0.15) is 22.8 Å². The lowest BCUT2D eigenvalue weighted by Crippen LogP contribution is -2.13. The predicted octanol–water partition coefficient (Wildman–Crippen LogP) is 3.75. The van der Waals surface area contributed by atoms with Gasteiger partial charge in [-0.15, -0.1) is 10.2 Å². The van der Waals surface area contributed by atoms with Crippen LogP contribution in [-0.2, 0) is 14.6 Å². The van der Waals surface area contributed by atoms with Crippen molar-refractivity contribution < 1.29 is 22.7 Å². The van der Waals surface area contributed by atoms with Crippen LogP contribution < -0.4 is 10.1 Å². The van der Waals surface area contributed by atoms with E-state index in [1.807, 2.05) is 0 Å². The van der Waals surface area contributed by atoms with Crippen LogP contribution in [0.4, 0.5) is 5.13 Å². The number of hydrogen-bond donors (Lipinski definition) is 1. The molecule has 0 radical (unpaired) electrons. The lowest BCUT2D eigenvalue weighted by Gasteiger charge is -2.06. The van der Waals surface area contributed by atoms with Crippen molar-refractivity contribution in [3.63, 3.8) is 0 Å². The van der Waals surface area contributed by atoms with Crippen LogP contribution in [0.2, 0.25) is 5.02 Å². The molecule has 3 aromatic rings. The molecule has 9 nitrogen and oxygen atoms in total. The van der Waals surface area contributed by atoms with Crippen LogP contribution in [0, 0.1) is 11.3 Å². The molecule has 0 bridgehead atoms. The van der Waals surface area contributed by atoms with Crippen LogP contribution >= 0.6 is 22.9 Å². The van der Waals surface area contributed by atoms with E-state index >= 15 is 0 Å². The molecule has 0 saturated carbocycles. The maximum Gasteiger partial charge on any atom is 0.345 e. The van der Waals surface area contributed by atoms with Crippen molar-refractivity contribution in [2.75, 3.05) is 11.1 Å². The Hall–Kier alpha value is -3.59. The van der Waals surface area contributed by atoms with Gasteiger partial charge in [0.25, 0.3) is 5.91 Å². The number of nitrogens with one attached hydrogen (secondary N) is 1. The van der Waals surface area contributed by atoms with Crippen molar-refractivity contribution in [1.29, 1.82) is 5.26 Å². The quantitative estimate of drug-likeness (QED) is 0.169. The molecule has 0 fully saturated rings. The number of aromatic nitrogens is 2. The van der Waals surface area contributed by atoms with E-state index in [1.54, 1.807) is 36.4 Å². The fraction of sp³-hybridized carbons (Fsp3) is 0.0952. The van der Waals surface area contributed by atoms with Gasteiger partial charge in [-0.25, -0.2) is 13.2 Å². The minimum atomic E-state index is -3.55. The predicted molar refractivity (Wildman–Crippen MR) is 123 cm³/mol. The number of amides is 1. The molecule has 2 aromatic carbocycles. The highest BCUT2D eigenvalue weighted by Gasteiger charge is 2.20. The molecule has 1 heterocycles. The first-order chi connectivity index (χ1) is 15.7. The van der Waals surface area contributed by atoms with Gasteiger partial charge in [-0.2, -0.15) is 5.26 Å². The van der Waals surface area contributed by atoms with Crippen molar-refractivity contribution >= 4 is 55.9 Å². The molecular formula is C21H15ClN4O5S2. The molecule has 0 aliphatic heterocycles. The minimum absolute atomic E-state index is 0.0463. The molecule has 0 aliphatic carbocycles. The molecule has 3 rings (SSSR count). The normalized spacial score (nSPS) is 11.5. The van der Waals surface area contributed by atoms with Crippen LogP contribution in [-0.4, -0.2) is 36.2 Å². The molecule has 12 heteroatoms. The Bertz CT molecular complexity index is 1380. The zero-order valence-corrected chi connectivity index (χ0v) is 19.4. The van der Waals surface area contributed by atoms with Crippen LogP contribution in [0.5, 0.6) is 5.75 Å². The highest BCUT2D eigenvalue weighted by Crippen LogP contribution is 2.22. The molecular weight excluding hydrogens is 488 g/mol. The maximum absolute atomic E-state index is 12.4. The second-order valence-electron chi connectivity index (χ2n) is 6.34. The van der Waals surface area contributed by atoms with E-state index in [-0.39, 0.29) is 37.1 Å². The summed E-state index contributed by atoms with van der Waals surface area (Å²) < 4.78 is 28.7. The van der Waals surface area contributed by atoms with Crippen molar-refractivity contribution in [1.82, 2.24) is 10.2 Å². The van der Waals surface area contributed by atoms with Gasteiger partial charge < -0.3 is 4.74 Å². The summed E-state index contributed by atoms with van der Waals surface area (Å²) in [7, 11) is -3.55. The summed E-state index contributed by atoms with van der Waals surface area (Å²) in [6.45, 7) is 1.47. The van der Waals surface area contributed by atoms with E-state index < -0.39 is 21.7 Å². The number of sulfone groups is 1. The van der Waals surface area contributed by atoms with Gasteiger partial charge in [0.1, 0.15) is 17.4 Å². The molecule has 0 saturated heterocycles. The molecule has 1 N–H and O–H groups in total. The lowest BCUT2D eigenvalue weighted by atomic mass is 10.1. The molecule has 0 atom stereocenters. The van der Waals surface area contributed by atoms with Gasteiger partial charge in [-0.1, -0.05) is 54.1 Å². The third kappa shape index (κ3) is 6.01. The van der Waals surface area contributed by atoms with Gasteiger partial charge in [-0.05, 0) is 35.9 Å². The Kier molecular flexibility index (Phi) is 7.55. The summed E-state index contributed by atoms with van der Waals surface area (Å²) in [5.41, 5.74) is 0.467. The number of rotatable bonds is 7. The Morgan fingerprint density at radius 1 is 1.18 bits per heavy atom. The Morgan fingerprint density at radius 2 is 1.88 bits per heavy atom. The fourth-order valence-corrected chi connectivity index (χ4v) is 4.61. The number of benzene rings is 2. The van der Waals surface area contributed by atoms with Crippen molar-refractivity contribution in [2.24, 2.45) is 0 Å². The second kappa shape index (κ2) is 10.4. The van der Waals surface area contributed by atoms with Crippen LogP contribution in [0.25, 0.3) is 6.08 Å². The van der Waals surface area contributed by atoms with E-state index in [2.05, 4.69) is 15.5 Å². The Labute approximate surface area is 198 Å². The van der Waals surface area contributed by atoms with Gasteiger partial charge in [0, 0.05) is 0 Å². The zero-order valence-electron chi connectivity index (χ0n) is 17.0. The van der Waals surface area contributed by atoms with E-state index in [9.17, 15) is 23.3 Å². The Balaban J connectivity index is 1.70. The molecule has 0 aliphatic rings. The SMILES string of the molecule is CCS(=O)(=O)c1nnc(NC(=O)/C(C#N)=C\c2ccc(OC(=O)c3ccccc3Cl)cc2)s1. The lowest BCUT2D eigenvalue weighted by molar-refractivity contribution is -0.112. The topological polar surface area (TPSA) is 139 Å². The molecule has 0 spiro atoms. The summed E-state index contributed by atoms with van der Waals surface area (Å²) >= 11 is 6.68. The number of ether oxygens (including phenoxy) is 1. The summed E-state index contributed by atoms with van der Waals surface area (Å²) in [6.07, 6.45) is 1.32. The van der Waals surface area contributed by atoms with E-state index in [4.69, 9.17) is 16.3 Å². The number of nitrogens with zero attached hydrogens (tertiary/aromatic N) is 3. The summed E-state index contributed by atoms with van der Waals surface area (Å²) in [6, 6.07) is 14.4. The second-order valence-corrected chi connectivity index (χ2v) is 10.2. The molecule has 1 aromatic heterocycles. The zero-order chi connectivity index (χ0) is 24.0. The smallest absolute Gasteiger partial charge is 0.345 e. The molecule has 0 unspecified atom stereocenters. The van der Waals surface area contributed by atoms with E-state index in [0.29, 0.717) is 16.9 Å². The first-order valence-electron chi connectivity index (χ1n) is 9.29. The number of hydrogen-bond acceptors (Lipinski definition) is 9. The van der Waals surface area contributed by atoms with Crippen LogP contribution in [0.15, 0.2) is 58.4 Å². The molecule has 168 valence electrons. The monoisotopic (exact) mass is 502 g/mol. The number of anilines is 1. The van der Waals surface area contributed by atoms with Crippen LogP contribution in [0.3, 0.4) is 0 Å². The van der Waals surface area contributed by atoms with Gasteiger partial charge in [0.05, 0.1) is 16.3 Å². The highest BCUT2D eigenvalue weighted by molar-refractivity contribution is 7.93. The molecule has 33 heavy (non-hydrogen) atoms. The van der Waals surface area contributed by atoms with E-state index in [1.165, 1.54) is 31.2 Å². The minimum Gasteiger partial charge on any atom is -0.423 e. The van der Waals surface area contributed by atoms with Gasteiger partial charge in [-0.3, -0.25) is 10.1 Å². The average molecular weight is 503 g/mol. The first-order valence-corrected chi connectivity index (χ1v) is 12.1. The van der Waals surface area contributed by atoms with Gasteiger partial charge in [0.15, 0.2) is 0 Å². The highest BCUT2D eigenvalue weighted by atomic mass is 35.5. The Morgan fingerprint density at radius 3 is 2.52 bits per heavy atom. The summed E-state index contributed by atoms with van der Waals surface area (Å²) in [4.78, 5) is 24.6. The number of halogens is 1. The largest absolute Gasteiger partial charge is 0.423 e. The average Bonchev–Trinajstić information content (AvgIpc) is 3.28. The number of nitriles is 1. The number of carbonyl (C=O) groups excluding carboxylic acids is 2. The van der Waals surface area contributed by atoms with Gasteiger partial charge in [0.2, 0.25) is 19.3 Å². The standard InChI is InChI=1S/C21H15ClN4O5S2/c1-2-33(29,30)21-26-25-20(32-21)24-18(27)14(12-23)11-13-7-9-15(10-8-13)31-19(28)16-5-3-4-6-17(16)22/h3-11H,2H2,1H3,(H,24,25,27)/b14-11-. The number of carbonyl (C=O) groups is 2. The number of esters is 1. The first kappa shape index (κ1) is 24.1. The third-order valence-electron chi connectivity index (χ3n) is 4.13.